The van der Waals surface area contributed by atoms with Crippen molar-refractivity contribution in [3.63, 3.8) is 0 Å². The molecule has 0 aliphatic carbocycles. The fourth-order valence-electron chi connectivity index (χ4n) is 2.64. The lowest BCUT2D eigenvalue weighted by Crippen LogP contribution is -2.43. The monoisotopic (exact) mass is 538 g/mol. The number of hydrogen-bond acceptors (Lipinski definition) is 4. The third-order valence-electron chi connectivity index (χ3n) is 4.34. The minimum atomic E-state index is -0.216. The number of benzene rings is 1. The first-order chi connectivity index (χ1) is 13.5. The summed E-state index contributed by atoms with van der Waals surface area (Å²) < 4.78 is 18.7. The quantitative estimate of drug-likeness (QED) is 0.166. The normalized spacial score (nSPS) is 16.7. The van der Waals surface area contributed by atoms with Crippen LogP contribution in [0.3, 0.4) is 0 Å². The van der Waals surface area contributed by atoms with Crippen molar-refractivity contribution in [2.75, 3.05) is 46.1 Å². The average molecular weight is 538 g/mol. The van der Waals surface area contributed by atoms with E-state index < -0.39 is 0 Å². The number of aliphatic imine (C=N–C) groups is 1. The molecule has 0 aromatic heterocycles. The highest BCUT2D eigenvalue weighted by molar-refractivity contribution is 14.0. The average Bonchev–Trinajstić information content (AvgIpc) is 2.71. The van der Waals surface area contributed by atoms with Crippen molar-refractivity contribution in [1.82, 2.24) is 15.5 Å². The molecular formula is C20H32FIN4O2S. The predicted octanol–water partition coefficient (Wildman–Crippen LogP) is 3.12. The number of nitrogens with zero attached hydrogens (tertiary/aromatic N) is 2. The molecule has 1 saturated heterocycles. The Hall–Kier alpha value is -1.07. The Bertz CT molecular complexity index is 625. The molecule has 9 heteroatoms. The third-order valence-corrected chi connectivity index (χ3v) is 5.44. The smallest absolute Gasteiger partial charge is 0.243 e. The first kappa shape index (κ1) is 26.0. The number of carbonyl (C=O) groups is 1. The number of ether oxygens (including phenoxy) is 1. The zero-order chi connectivity index (χ0) is 20.2. The van der Waals surface area contributed by atoms with Gasteiger partial charge in [-0.3, -0.25) is 4.79 Å². The second-order valence-corrected chi connectivity index (χ2v) is 8.07. The minimum Gasteiger partial charge on any atom is -0.376 e. The topological polar surface area (TPSA) is 66.0 Å². The number of hydrogen-bond donors (Lipinski definition) is 2. The lowest BCUT2D eigenvalue weighted by atomic mass is 10.1. The van der Waals surface area contributed by atoms with E-state index in [1.54, 1.807) is 38.0 Å². The summed E-state index contributed by atoms with van der Waals surface area (Å²) >= 11 is 1.69. The summed E-state index contributed by atoms with van der Waals surface area (Å²) in [4.78, 5) is 18.8. The Balaban J connectivity index is 0.00000420. The van der Waals surface area contributed by atoms with Crippen molar-refractivity contribution < 1.29 is 13.9 Å². The van der Waals surface area contributed by atoms with E-state index >= 15 is 0 Å². The van der Waals surface area contributed by atoms with Crippen LogP contribution in [0.15, 0.2) is 34.2 Å². The van der Waals surface area contributed by atoms with Gasteiger partial charge in [0.15, 0.2) is 5.96 Å². The number of thioether (sulfide) groups is 1. The highest BCUT2D eigenvalue weighted by atomic mass is 127. The van der Waals surface area contributed by atoms with Crippen molar-refractivity contribution in [3.8, 4) is 0 Å². The molecule has 0 saturated carbocycles. The molecule has 29 heavy (non-hydrogen) atoms. The number of guanidine groups is 1. The van der Waals surface area contributed by atoms with Gasteiger partial charge in [-0.05, 0) is 55.7 Å². The fraction of sp³-hybridized carbons (Fsp3) is 0.600. The number of carbonyl (C=O) groups excluding carboxylic acids is 1. The summed E-state index contributed by atoms with van der Waals surface area (Å²) in [6.45, 7) is 2.35. The van der Waals surface area contributed by atoms with Gasteiger partial charge < -0.3 is 20.3 Å². The summed E-state index contributed by atoms with van der Waals surface area (Å²) in [6.07, 6.45) is 4.47. The Labute approximate surface area is 194 Å². The number of amides is 1. The molecule has 164 valence electrons. The molecule has 1 aliphatic heterocycles. The van der Waals surface area contributed by atoms with Crippen LogP contribution in [0.5, 0.6) is 0 Å². The molecule has 2 N–H and O–H groups in total. The molecule has 0 spiro atoms. The molecular weight excluding hydrogens is 506 g/mol. The van der Waals surface area contributed by atoms with E-state index in [9.17, 15) is 9.18 Å². The van der Waals surface area contributed by atoms with E-state index in [1.807, 2.05) is 0 Å². The lowest BCUT2D eigenvalue weighted by molar-refractivity contribution is -0.127. The van der Waals surface area contributed by atoms with Crippen LogP contribution in [-0.2, 0) is 9.53 Å². The van der Waals surface area contributed by atoms with Gasteiger partial charge in [0.25, 0.3) is 0 Å². The van der Waals surface area contributed by atoms with E-state index in [-0.39, 0.29) is 48.3 Å². The third kappa shape index (κ3) is 11.0. The molecule has 1 atom stereocenters. The van der Waals surface area contributed by atoms with Crippen molar-refractivity contribution in [1.29, 1.82) is 0 Å². The standard InChI is InChI=1S/C20H31FN4O2S.HI/c1-25(2)19(26)15-24-20(23-14-17-6-3-4-12-27-17)22-11-5-13-28-18-9-7-16(21)8-10-18;/h7-10,17H,3-6,11-15H2,1-2H3,(H2,22,23,24);1H. The Morgan fingerprint density at radius 1 is 1.28 bits per heavy atom. The maximum atomic E-state index is 12.9. The molecule has 1 aromatic rings. The molecule has 1 unspecified atom stereocenters. The summed E-state index contributed by atoms with van der Waals surface area (Å²) in [5.74, 6) is 1.29. The Morgan fingerprint density at radius 2 is 2.03 bits per heavy atom. The van der Waals surface area contributed by atoms with Crippen molar-refractivity contribution >= 4 is 47.6 Å². The molecule has 1 heterocycles. The number of nitrogens with one attached hydrogen (secondary N) is 2. The minimum absolute atomic E-state index is 0. The van der Waals surface area contributed by atoms with Crippen molar-refractivity contribution in [3.05, 3.63) is 30.1 Å². The first-order valence-electron chi connectivity index (χ1n) is 9.77. The highest BCUT2D eigenvalue weighted by Crippen LogP contribution is 2.18. The van der Waals surface area contributed by atoms with Gasteiger partial charge in [0, 0.05) is 38.7 Å². The van der Waals surface area contributed by atoms with E-state index in [4.69, 9.17) is 4.74 Å². The number of rotatable bonds is 9. The molecule has 1 fully saturated rings. The fourth-order valence-corrected chi connectivity index (χ4v) is 3.49. The van der Waals surface area contributed by atoms with Crippen LogP contribution >= 0.6 is 35.7 Å². The summed E-state index contributed by atoms with van der Waals surface area (Å²) in [5, 5.41) is 6.58. The number of halogens is 2. The SMILES string of the molecule is CN(C)C(=O)CN=C(NCCCSc1ccc(F)cc1)NCC1CCCCO1.I. The van der Waals surface area contributed by atoms with Crippen molar-refractivity contribution in [2.45, 2.75) is 36.7 Å². The molecule has 0 radical (unpaired) electrons. The van der Waals surface area contributed by atoms with Gasteiger partial charge in [-0.2, -0.15) is 0 Å². The van der Waals surface area contributed by atoms with Gasteiger partial charge in [-0.15, -0.1) is 35.7 Å². The Morgan fingerprint density at radius 3 is 2.69 bits per heavy atom. The van der Waals surface area contributed by atoms with Crippen LogP contribution in [-0.4, -0.2) is 69.0 Å². The van der Waals surface area contributed by atoms with Gasteiger partial charge in [0.1, 0.15) is 12.4 Å². The van der Waals surface area contributed by atoms with E-state index in [0.29, 0.717) is 12.5 Å². The Kier molecular flexibility index (Phi) is 13.3. The van der Waals surface area contributed by atoms with Crippen LogP contribution in [0, 0.1) is 5.82 Å². The zero-order valence-corrected chi connectivity index (χ0v) is 20.3. The van der Waals surface area contributed by atoms with E-state index in [2.05, 4.69) is 15.6 Å². The van der Waals surface area contributed by atoms with Crippen LogP contribution < -0.4 is 10.6 Å². The molecule has 2 rings (SSSR count). The van der Waals surface area contributed by atoms with Gasteiger partial charge in [-0.1, -0.05) is 0 Å². The van der Waals surface area contributed by atoms with Crippen LogP contribution in [0.25, 0.3) is 0 Å². The van der Waals surface area contributed by atoms with Gasteiger partial charge >= 0.3 is 0 Å². The maximum Gasteiger partial charge on any atom is 0.243 e. The number of likely N-dealkylation sites (N-methyl/N-ethyl adjacent to an activating group) is 1. The lowest BCUT2D eigenvalue weighted by Gasteiger charge is -2.24. The maximum absolute atomic E-state index is 12.9. The van der Waals surface area contributed by atoms with E-state index in [1.165, 1.54) is 23.5 Å². The van der Waals surface area contributed by atoms with Gasteiger partial charge in [-0.25, -0.2) is 9.38 Å². The second kappa shape index (κ2) is 14.8. The highest BCUT2D eigenvalue weighted by Gasteiger charge is 2.14. The summed E-state index contributed by atoms with van der Waals surface area (Å²) in [7, 11) is 3.45. The summed E-state index contributed by atoms with van der Waals surface area (Å²) in [5.41, 5.74) is 0. The van der Waals surface area contributed by atoms with Crippen molar-refractivity contribution in [2.24, 2.45) is 4.99 Å². The molecule has 0 bridgehead atoms. The molecule has 6 nitrogen and oxygen atoms in total. The van der Waals surface area contributed by atoms with Crippen LogP contribution in [0.4, 0.5) is 4.39 Å². The first-order valence-corrected chi connectivity index (χ1v) is 10.8. The van der Waals surface area contributed by atoms with Crippen LogP contribution in [0.2, 0.25) is 0 Å². The van der Waals surface area contributed by atoms with E-state index in [0.717, 1.165) is 43.1 Å². The largest absolute Gasteiger partial charge is 0.376 e. The molecule has 1 amide bonds. The van der Waals surface area contributed by atoms with Gasteiger partial charge in [0.05, 0.1) is 6.10 Å². The molecule has 1 aliphatic rings. The predicted molar refractivity (Wildman–Crippen MR) is 128 cm³/mol. The molecule has 1 aromatic carbocycles. The zero-order valence-electron chi connectivity index (χ0n) is 17.2. The summed E-state index contributed by atoms with van der Waals surface area (Å²) in [6, 6.07) is 6.53. The van der Waals surface area contributed by atoms with Gasteiger partial charge in [0.2, 0.25) is 5.91 Å². The van der Waals surface area contributed by atoms with Crippen LogP contribution in [0.1, 0.15) is 25.7 Å². The second-order valence-electron chi connectivity index (χ2n) is 6.91.